The number of nitrogens with one attached hydrogen (secondary N) is 2. The number of nitrogens with zero attached hydrogens (tertiary/aromatic N) is 1. The van der Waals surface area contributed by atoms with Gasteiger partial charge in [0.15, 0.2) is 11.6 Å². The van der Waals surface area contributed by atoms with E-state index in [-0.39, 0.29) is 23.4 Å². The van der Waals surface area contributed by atoms with Gasteiger partial charge in [-0.15, -0.1) is 0 Å². The summed E-state index contributed by atoms with van der Waals surface area (Å²) < 4.78 is 28.3. The molecule has 0 radical (unpaired) electrons. The summed E-state index contributed by atoms with van der Waals surface area (Å²) in [4.78, 5) is 23.9. The van der Waals surface area contributed by atoms with Gasteiger partial charge in [0.2, 0.25) is 5.91 Å². The molecule has 2 aromatic rings. The average molecular weight is 362 g/mol. The first-order valence-electron chi connectivity index (χ1n) is 8.29. The number of halogens is 2. The zero-order valence-electron chi connectivity index (χ0n) is 14.3. The predicted molar refractivity (Wildman–Crippen MR) is 91.8 cm³/mol. The number of carbonyl (C=O) groups excluding carboxylic acids is 2. The molecule has 1 aromatic heterocycles. The van der Waals surface area contributed by atoms with E-state index in [0.717, 1.165) is 6.07 Å². The first-order valence-corrected chi connectivity index (χ1v) is 8.29. The van der Waals surface area contributed by atoms with Gasteiger partial charge in [-0.1, -0.05) is 6.07 Å². The Morgan fingerprint density at radius 1 is 1.27 bits per heavy atom. The van der Waals surface area contributed by atoms with Crippen molar-refractivity contribution < 1.29 is 18.4 Å². The summed E-state index contributed by atoms with van der Waals surface area (Å²) in [5, 5.41) is 6.11. The second-order valence-corrected chi connectivity index (χ2v) is 6.44. The van der Waals surface area contributed by atoms with E-state index in [9.17, 15) is 18.4 Å². The Morgan fingerprint density at radius 2 is 2.04 bits per heavy atom. The largest absolute Gasteiger partial charge is 0.366 e. The maximum absolute atomic E-state index is 13.6. The average Bonchev–Trinajstić information content (AvgIpc) is 3.00. The van der Waals surface area contributed by atoms with Crippen molar-refractivity contribution >= 4 is 11.8 Å². The Morgan fingerprint density at radius 3 is 2.69 bits per heavy atom. The van der Waals surface area contributed by atoms with E-state index in [0.29, 0.717) is 30.8 Å². The summed E-state index contributed by atoms with van der Waals surface area (Å²) in [5.74, 6) is -2.92. The van der Waals surface area contributed by atoms with Gasteiger partial charge >= 0.3 is 0 Å². The molecule has 2 unspecified atom stereocenters. The molecule has 138 valence electrons. The Hall–Kier alpha value is -2.74. The van der Waals surface area contributed by atoms with Gasteiger partial charge in [-0.25, -0.2) is 8.78 Å². The van der Waals surface area contributed by atoms with Gasteiger partial charge in [0, 0.05) is 31.7 Å². The summed E-state index contributed by atoms with van der Waals surface area (Å²) in [6, 6.07) is 4.95. The minimum atomic E-state index is -0.903. The number of aromatic nitrogens is 1. The molecule has 2 heterocycles. The molecule has 1 aromatic carbocycles. The Bertz CT molecular complexity index is 850. The SMILES string of the molecule is Cn1cc(C(N)=O)cc1C(=O)NC1CNCCC1c1ccc(F)c(F)c1. The number of amides is 2. The van der Waals surface area contributed by atoms with E-state index in [1.165, 1.54) is 22.9 Å². The molecule has 4 N–H and O–H groups in total. The molecule has 0 saturated carbocycles. The van der Waals surface area contributed by atoms with Crippen molar-refractivity contribution in [2.45, 2.75) is 18.4 Å². The fraction of sp³-hybridized carbons (Fsp3) is 0.333. The van der Waals surface area contributed by atoms with Gasteiger partial charge in [0.1, 0.15) is 5.69 Å². The van der Waals surface area contributed by atoms with Gasteiger partial charge in [-0.3, -0.25) is 9.59 Å². The third-order valence-electron chi connectivity index (χ3n) is 4.69. The Balaban J connectivity index is 1.81. The summed E-state index contributed by atoms with van der Waals surface area (Å²) in [6.07, 6.45) is 2.17. The molecule has 8 heteroatoms. The van der Waals surface area contributed by atoms with Gasteiger partial charge < -0.3 is 20.9 Å². The van der Waals surface area contributed by atoms with Crippen molar-refractivity contribution in [2.24, 2.45) is 12.8 Å². The van der Waals surface area contributed by atoms with Crippen molar-refractivity contribution in [1.29, 1.82) is 0 Å². The quantitative estimate of drug-likeness (QED) is 0.765. The lowest BCUT2D eigenvalue weighted by molar-refractivity contribution is 0.0916. The highest BCUT2D eigenvalue weighted by Gasteiger charge is 2.29. The molecule has 0 aliphatic carbocycles. The van der Waals surface area contributed by atoms with Crippen LogP contribution in [0.1, 0.15) is 38.7 Å². The number of carbonyl (C=O) groups is 2. The third kappa shape index (κ3) is 3.60. The van der Waals surface area contributed by atoms with Crippen LogP contribution in [0.4, 0.5) is 8.78 Å². The van der Waals surface area contributed by atoms with E-state index in [1.807, 2.05) is 0 Å². The second kappa shape index (κ2) is 7.25. The molecule has 2 atom stereocenters. The normalized spacial score (nSPS) is 20.0. The number of benzene rings is 1. The summed E-state index contributed by atoms with van der Waals surface area (Å²) in [6.45, 7) is 1.22. The number of piperidine rings is 1. The first-order chi connectivity index (χ1) is 12.4. The number of aryl methyl sites for hydroxylation is 1. The molecule has 2 amide bonds. The zero-order valence-corrected chi connectivity index (χ0v) is 14.3. The Labute approximate surface area is 149 Å². The molecule has 1 aliphatic heterocycles. The van der Waals surface area contributed by atoms with Crippen molar-refractivity contribution in [1.82, 2.24) is 15.2 Å². The fourth-order valence-electron chi connectivity index (χ4n) is 3.32. The molecule has 1 saturated heterocycles. The molecular formula is C18H20F2N4O2. The number of hydrogen-bond acceptors (Lipinski definition) is 3. The summed E-state index contributed by atoms with van der Waals surface area (Å²) >= 11 is 0. The van der Waals surface area contributed by atoms with Crippen molar-refractivity contribution in [3.05, 3.63) is 58.9 Å². The standard InChI is InChI=1S/C18H20F2N4O2/c1-24-9-11(17(21)25)7-16(24)18(26)23-15-8-22-5-4-12(15)10-2-3-13(19)14(20)6-10/h2-3,6-7,9,12,15,22H,4-5,8H2,1H3,(H2,21,25)(H,23,26). The fourth-order valence-corrected chi connectivity index (χ4v) is 3.32. The van der Waals surface area contributed by atoms with E-state index in [2.05, 4.69) is 10.6 Å². The van der Waals surface area contributed by atoms with Crippen LogP contribution in [-0.4, -0.2) is 35.5 Å². The highest BCUT2D eigenvalue weighted by Crippen LogP contribution is 2.27. The lowest BCUT2D eigenvalue weighted by atomic mass is 9.86. The number of rotatable bonds is 4. The lowest BCUT2D eigenvalue weighted by Crippen LogP contribution is -2.50. The molecule has 26 heavy (non-hydrogen) atoms. The van der Waals surface area contributed by atoms with Crippen LogP contribution in [0, 0.1) is 11.6 Å². The molecule has 0 bridgehead atoms. The van der Waals surface area contributed by atoms with Crippen LogP contribution in [0.15, 0.2) is 30.5 Å². The van der Waals surface area contributed by atoms with Crippen molar-refractivity contribution in [3.8, 4) is 0 Å². The molecular weight excluding hydrogens is 342 g/mol. The maximum Gasteiger partial charge on any atom is 0.268 e. The number of nitrogens with two attached hydrogens (primary N) is 1. The number of primary amides is 1. The maximum atomic E-state index is 13.6. The van der Waals surface area contributed by atoms with Crippen LogP contribution in [0.5, 0.6) is 0 Å². The summed E-state index contributed by atoms with van der Waals surface area (Å²) in [7, 11) is 1.65. The summed E-state index contributed by atoms with van der Waals surface area (Å²) in [5.41, 5.74) is 6.43. The van der Waals surface area contributed by atoms with E-state index in [4.69, 9.17) is 5.73 Å². The van der Waals surface area contributed by atoms with E-state index >= 15 is 0 Å². The van der Waals surface area contributed by atoms with E-state index < -0.39 is 17.5 Å². The zero-order chi connectivity index (χ0) is 18.8. The number of hydrogen-bond donors (Lipinski definition) is 3. The predicted octanol–water partition coefficient (Wildman–Crippen LogP) is 1.28. The lowest BCUT2D eigenvalue weighted by Gasteiger charge is -2.33. The first kappa shape index (κ1) is 18.1. The van der Waals surface area contributed by atoms with E-state index in [1.54, 1.807) is 13.1 Å². The third-order valence-corrected chi connectivity index (χ3v) is 4.69. The topological polar surface area (TPSA) is 89.2 Å². The molecule has 6 nitrogen and oxygen atoms in total. The van der Waals surface area contributed by atoms with Crippen LogP contribution in [0.25, 0.3) is 0 Å². The molecule has 1 fully saturated rings. The van der Waals surface area contributed by atoms with Crippen LogP contribution >= 0.6 is 0 Å². The highest BCUT2D eigenvalue weighted by atomic mass is 19.2. The smallest absolute Gasteiger partial charge is 0.268 e. The van der Waals surface area contributed by atoms with Gasteiger partial charge in [0.25, 0.3) is 5.91 Å². The van der Waals surface area contributed by atoms with Crippen LogP contribution in [0.2, 0.25) is 0 Å². The van der Waals surface area contributed by atoms with Crippen molar-refractivity contribution in [3.63, 3.8) is 0 Å². The van der Waals surface area contributed by atoms with Crippen LogP contribution in [-0.2, 0) is 7.05 Å². The van der Waals surface area contributed by atoms with Gasteiger partial charge in [0.05, 0.1) is 5.56 Å². The minimum absolute atomic E-state index is 0.147. The molecule has 3 rings (SSSR count). The second-order valence-electron chi connectivity index (χ2n) is 6.44. The van der Waals surface area contributed by atoms with Crippen molar-refractivity contribution in [2.75, 3.05) is 13.1 Å². The molecule has 0 spiro atoms. The Kier molecular flexibility index (Phi) is 5.03. The van der Waals surface area contributed by atoms with Crippen LogP contribution in [0.3, 0.4) is 0 Å². The molecule has 1 aliphatic rings. The monoisotopic (exact) mass is 362 g/mol. The highest BCUT2D eigenvalue weighted by molar-refractivity contribution is 5.98. The van der Waals surface area contributed by atoms with Gasteiger partial charge in [-0.2, -0.15) is 0 Å². The van der Waals surface area contributed by atoms with Crippen LogP contribution < -0.4 is 16.4 Å². The van der Waals surface area contributed by atoms with Gasteiger partial charge in [-0.05, 0) is 36.7 Å². The minimum Gasteiger partial charge on any atom is -0.366 e.